The molecule has 0 aliphatic carbocycles. The SMILES string of the molecule is CCCCCCNS(=O)(=O)c1ccc(O)c(N=NC(C#N)N=Nc2cc(S(=O)(=O)NCCCCCC)ccc2O)c1. The van der Waals surface area contributed by atoms with E-state index in [1.807, 2.05) is 0 Å². The minimum atomic E-state index is -3.86. The molecule has 0 aromatic heterocycles. The van der Waals surface area contributed by atoms with Crippen molar-refractivity contribution < 1.29 is 27.0 Å². The fourth-order valence-electron chi connectivity index (χ4n) is 3.49. The van der Waals surface area contributed by atoms with Crippen molar-refractivity contribution in [2.45, 2.75) is 81.2 Å². The van der Waals surface area contributed by atoms with Crippen LogP contribution in [0.25, 0.3) is 0 Å². The van der Waals surface area contributed by atoms with Crippen LogP contribution < -0.4 is 9.44 Å². The Labute approximate surface area is 241 Å². The molecule has 15 heteroatoms. The molecule has 0 heterocycles. The van der Waals surface area contributed by atoms with Gasteiger partial charge in [-0.25, -0.2) is 26.3 Å². The molecule has 2 rings (SSSR count). The van der Waals surface area contributed by atoms with Crippen LogP contribution in [0.3, 0.4) is 0 Å². The van der Waals surface area contributed by atoms with Crippen LogP contribution in [-0.4, -0.2) is 46.3 Å². The van der Waals surface area contributed by atoms with Gasteiger partial charge in [-0.1, -0.05) is 52.4 Å². The molecular weight excluding hydrogens is 570 g/mol. The normalized spacial score (nSPS) is 13.1. The number of nitrogens with zero attached hydrogens (tertiary/aromatic N) is 5. The zero-order chi connectivity index (χ0) is 30.3. The average molecular weight is 608 g/mol. The lowest BCUT2D eigenvalue weighted by molar-refractivity contribution is 0.475. The first-order valence-corrected chi connectivity index (χ1v) is 16.4. The summed E-state index contributed by atoms with van der Waals surface area (Å²) in [6.45, 7) is 4.64. The van der Waals surface area contributed by atoms with E-state index in [4.69, 9.17) is 0 Å². The van der Waals surface area contributed by atoms with Gasteiger partial charge in [0.15, 0.2) is 0 Å². The van der Waals surface area contributed by atoms with E-state index in [-0.39, 0.29) is 45.8 Å². The smallest absolute Gasteiger partial charge is 0.266 e. The molecule has 0 unspecified atom stereocenters. The Morgan fingerprint density at radius 1 is 0.732 bits per heavy atom. The number of azo groups is 2. The highest BCUT2D eigenvalue weighted by Gasteiger charge is 2.17. The Hall–Kier alpha value is -3.45. The van der Waals surface area contributed by atoms with Crippen molar-refractivity contribution in [1.82, 2.24) is 9.44 Å². The van der Waals surface area contributed by atoms with Gasteiger partial charge in [0.2, 0.25) is 20.0 Å². The standard InChI is InChI=1S/C26H37N7O6S2/c1-3-5-7-9-15-28-40(36,37)20-11-13-24(34)22(17-20)30-32-26(19-27)33-31-23-18-21(12-14-25(23)35)41(38,39)29-16-10-8-6-4-2/h11-14,17-18,26,28-29,34-35H,3-10,15-16H2,1-2H3. The minimum Gasteiger partial charge on any atom is -0.506 e. The number of phenols is 2. The van der Waals surface area contributed by atoms with Gasteiger partial charge in [-0.3, -0.25) is 0 Å². The third-order valence-electron chi connectivity index (χ3n) is 5.82. The molecule has 0 saturated carbocycles. The Bertz CT molecular complexity index is 1350. The number of nitrogens with one attached hydrogen (secondary N) is 2. The lowest BCUT2D eigenvalue weighted by Crippen LogP contribution is -2.24. The topological polar surface area (TPSA) is 206 Å². The number of benzene rings is 2. The molecular formula is C26H37N7O6S2. The number of sulfonamides is 2. The van der Waals surface area contributed by atoms with Gasteiger partial charge in [0.05, 0.1) is 9.79 Å². The van der Waals surface area contributed by atoms with Gasteiger partial charge in [0, 0.05) is 13.1 Å². The molecule has 0 radical (unpaired) electrons. The number of unbranched alkanes of at least 4 members (excludes halogenated alkanes) is 6. The molecule has 0 fully saturated rings. The largest absolute Gasteiger partial charge is 0.506 e. The van der Waals surface area contributed by atoms with Crippen LogP contribution in [0.2, 0.25) is 0 Å². The summed E-state index contributed by atoms with van der Waals surface area (Å²) in [6, 6.07) is 8.65. The molecule has 0 atom stereocenters. The Morgan fingerprint density at radius 2 is 1.15 bits per heavy atom. The predicted molar refractivity (Wildman–Crippen MR) is 153 cm³/mol. The van der Waals surface area contributed by atoms with Crippen molar-refractivity contribution >= 4 is 31.4 Å². The maximum absolute atomic E-state index is 12.6. The van der Waals surface area contributed by atoms with Crippen LogP contribution in [0.1, 0.15) is 65.2 Å². The van der Waals surface area contributed by atoms with Gasteiger partial charge >= 0.3 is 0 Å². The van der Waals surface area contributed by atoms with Gasteiger partial charge in [0.1, 0.15) is 28.9 Å². The second-order valence-corrected chi connectivity index (χ2v) is 12.7. The summed E-state index contributed by atoms with van der Waals surface area (Å²) in [5.74, 6) is -0.746. The molecule has 224 valence electrons. The van der Waals surface area contributed by atoms with Crippen molar-refractivity contribution in [3.05, 3.63) is 36.4 Å². The number of phenolic OH excluding ortho intramolecular Hbond substituents is 2. The molecule has 4 N–H and O–H groups in total. The molecule has 13 nitrogen and oxygen atoms in total. The molecule has 2 aromatic carbocycles. The zero-order valence-electron chi connectivity index (χ0n) is 23.2. The van der Waals surface area contributed by atoms with E-state index < -0.39 is 26.2 Å². The third-order valence-corrected chi connectivity index (χ3v) is 8.74. The molecule has 0 spiro atoms. The van der Waals surface area contributed by atoms with Gasteiger partial charge < -0.3 is 10.2 Å². The zero-order valence-corrected chi connectivity index (χ0v) is 24.8. The summed E-state index contributed by atoms with van der Waals surface area (Å²) in [4.78, 5) is -0.284. The fourth-order valence-corrected chi connectivity index (χ4v) is 5.68. The van der Waals surface area contributed by atoms with Gasteiger partial charge in [-0.2, -0.15) is 5.26 Å². The molecule has 0 aliphatic rings. The summed E-state index contributed by atoms with van der Waals surface area (Å²) >= 11 is 0. The van der Waals surface area contributed by atoms with E-state index in [0.717, 1.165) is 62.8 Å². The minimum absolute atomic E-state index is 0.142. The molecule has 0 bridgehead atoms. The van der Waals surface area contributed by atoms with Crippen molar-refractivity contribution in [1.29, 1.82) is 5.26 Å². The summed E-state index contributed by atoms with van der Waals surface area (Å²) in [6.07, 6.45) is 5.68. The Kier molecular flexibility index (Phi) is 13.8. The number of rotatable bonds is 18. The van der Waals surface area contributed by atoms with Crippen molar-refractivity contribution in [3.8, 4) is 17.6 Å². The van der Waals surface area contributed by atoms with Crippen LogP contribution in [0, 0.1) is 11.3 Å². The predicted octanol–water partition coefficient (Wildman–Crippen LogP) is 5.53. The maximum Gasteiger partial charge on any atom is 0.266 e. The number of aromatic hydroxyl groups is 2. The van der Waals surface area contributed by atoms with Gasteiger partial charge in [-0.15, -0.1) is 20.5 Å². The van der Waals surface area contributed by atoms with E-state index in [9.17, 15) is 32.3 Å². The third kappa shape index (κ3) is 11.2. The lowest BCUT2D eigenvalue weighted by Gasteiger charge is -2.08. The van der Waals surface area contributed by atoms with E-state index in [1.165, 1.54) is 12.1 Å². The highest BCUT2D eigenvalue weighted by atomic mass is 32.2. The Balaban J connectivity index is 2.15. The quantitative estimate of drug-likeness (QED) is 0.126. The van der Waals surface area contributed by atoms with E-state index >= 15 is 0 Å². The number of hydrogen-bond donors (Lipinski definition) is 4. The first kappa shape index (κ1) is 33.8. The van der Waals surface area contributed by atoms with Crippen molar-refractivity contribution in [3.63, 3.8) is 0 Å². The summed E-state index contributed by atoms with van der Waals surface area (Å²) in [5.41, 5.74) is -0.425. The molecule has 0 aliphatic heterocycles. The van der Waals surface area contributed by atoms with Crippen LogP contribution in [0.5, 0.6) is 11.5 Å². The van der Waals surface area contributed by atoms with E-state index in [2.05, 4.69) is 43.7 Å². The second-order valence-electron chi connectivity index (χ2n) is 9.15. The van der Waals surface area contributed by atoms with Crippen molar-refractivity contribution in [2.75, 3.05) is 13.1 Å². The Morgan fingerprint density at radius 3 is 1.51 bits per heavy atom. The van der Waals surface area contributed by atoms with Crippen molar-refractivity contribution in [2.24, 2.45) is 20.5 Å². The molecule has 0 amide bonds. The van der Waals surface area contributed by atoms with Crippen LogP contribution >= 0.6 is 0 Å². The van der Waals surface area contributed by atoms with Crippen LogP contribution in [-0.2, 0) is 20.0 Å². The maximum atomic E-state index is 12.6. The van der Waals surface area contributed by atoms with E-state index in [0.29, 0.717) is 12.8 Å². The van der Waals surface area contributed by atoms with Crippen LogP contribution in [0.15, 0.2) is 66.6 Å². The van der Waals surface area contributed by atoms with Crippen LogP contribution in [0.4, 0.5) is 11.4 Å². The summed E-state index contributed by atoms with van der Waals surface area (Å²) in [5, 5.41) is 44.5. The number of nitriles is 1. The molecule has 41 heavy (non-hydrogen) atoms. The average Bonchev–Trinajstić information content (AvgIpc) is 2.94. The summed E-state index contributed by atoms with van der Waals surface area (Å²) in [7, 11) is -7.72. The molecule has 0 saturated heterocycles. The fraction of sp³-hybridized carbons (Fsp3) is 0.500. The van der Waals surface area contributed by atoms with Gasteiger partial charge in [-0.05, 0) is 49.2 Å². The first-order valence-electron chi connectivity index (χ1n) is 13.4. The number of hydrogen-bond acceptors (Lipinski definition) is 11. The lowest BCUT2D eigenvalue weighted by atomic mass is 10.2. The first-order chi connectivity index (χ1) is 19.5. The second kappa shape index (κ2) is 16.7. The van der Waals surface area contributed by atoms with E-state index in [1.54, 1.807) is 6.07 Å². The highest BCUT2D eigenvalue weighted by molar-refractivity contribution is 7.89. The molecule has 2 aromatic rings. The summed E-state index contributed by atoms with van der Waals surface area (Å²) < 4.78 is 55.4. The highest BCUT2D eigenvalue weighted by Crippen LogP contribution is 2.31. The monoisotopic (exact) mass is 607 g/mol. The van der Waals surface area contributed by atoms with Gasteiger partial charge in [0.25, 0.3) is 6.17 Å².